The Morgan fingerprint density at radius 2 is 1.39 bits per heavy atom. The molecule has 1 amide bonds. The van der Waals surface area contributed by atoms with Crippen molar-refractivity contribution in [1.82, 2.24) is 10.9 Å². The second kappa shape index (κ2) is 9.53. The molecule has 5 nitrogen and oxygen atoms in total. The van der Waals surface area contributed by atoms with Crippen LogP contribution in [0.3, 0.4) is 0 Å². The molecule has 0 saturated heterocycles. The molecular formula is C22H21N3O2S. The van der Waals surface area contributed by atoms with E-state index in [4.69, 9.17) is 17.0 Å². The van der Waals surface area contributed by atoms with E-state index in [1.165, 1.54) is 0 Å². The van der Waals surface area contributed by atoms with Crippen LogP contribution in [0.2, 0.25) is 0 Å². The van der Waals surface area contributed by atoms with Crippen molar-refractivity contribution < 1.29 is 9.53 Å². The van der Waals surface area contributed by atoms with Crippen molar-refractivity contribution in [2.45, 2.75) is 13.0 Å². The van der Waals surface area contributed by atoms with Crippen molar-refractivity contribution in [1.29, 1.82) is 0 Å². The molecule has 3 aromatic rings. The predicted octanol–water partition coefficient (Wildman–Crippen LogP) is 4.14. The number of hydrazine groups is 1. The third-order valence-corrected chi connectivity index (χ3v) is 4.18. The molecule has 6 heteroatoms. The molecule has 0 heterocycles. The van der Waals surface area contributed by atoms with E-state index < -0.39 is 6.10 Å². The van der Waals surface area contributed by atoms with Gasteiger partial charge in [0.2, 0.25) is 0 Å². The van der Waals surface area contributed by atoms with Gasteiger partial charge < -0.3 is 10.1 Å². The monoisotopic (exact) mass is 391 g/mol. The Labute approximate surface area is 169 Å². The number of carbonyl (C=O) groups excluding carboxylic acids is 1. The zero-order valence-electron chi connectivity index (χ0n) is 15.4. The van der Waals surface area contributed by atoms with Gasteiger partial charge in [-0.25, -0.2) is 0 Å². The van der Waals surface area contributed by atoms with Crippen LogP contribution in [-0.4, -0.2) is 17.1 Å². The number of amides is 1. The number of ether oxygens (including phenoxy) is 1. The molecule has 28 heavy (non-hydrogen) atoms. The van der Waals surface area contributed by atoms with Crippen molar-refractivity contribution in [2.24, 2.45) is 0 Å². The first kappa shape index (κ1) is 19.4. The van der Waals surface area contributed by atoms with Crippen LogP contribution in [0.1, 0.15) is 6.92 Å². The summed E-state index contributed by atoms with van der Waals surface area (Å²) in [5, 5.41) is 3.26. The lowest BCUT2D eigenvalue weighted by molar-refractivity contribution is -0.127. The second-order valence-corrected chi connectivity index (χ2v) is 6.49. The van der Waals surface area contributed by atoms with E-state index in [9.17, 15) is 4.79 Å². The Morgan fingerprint density at radius 3 is 2.04 bits per heavy atom. The van der Waals surface area contributed by atoms with Crippen molar-refractivity contribution in [2.75, 3.05) is 5.32 Å². The number of nitrogens with one attached hydrogen (secondary N) is 3. The van der Waals surface area contributed by atoms with E-state index in [1.54, 1.807) is 6.92 Å². The van der Waals surface area contributed by atoms with Gasteiger partial charge in [0.05, 0.1) is 0 Å². The summed E-state index contributed by atoms with van der Waals surface area (Å²) < 4.78 is 5.70. The molecule has 0 aliphatic carbocycles. The number of hydrogen-bond acceptors (Lipinski definition) is 3. The lowest BCUT2D eigenvalue weighted by Crippen LogP contribution is -2.48. The van der Waals surface area contributed by atoms with Crippen molar-refractivity contribution in [3.05, 3.63) is 84.9 Å². The summed E-state index contributed by atoms with van der Waals surface area (Å²) in [5.74, 6) is 0.289. The lowest BCUT2D eigenvalue weighted by atomic mass is 10.1. The van der Waals surface area contributed by atoms with Gasteiger partial charge in [0.15, 0.2) is 11.2 Å². The van der Waals surface area contributed by atoms with Gasteiger partial charge >= 0.3 is 0 Å². The van der Waals surface area contributed by atoms with E-state index in [0.29, 0.717) is 10.9 Å². The first-order valence-corrected chi connectivity index (χ1v) is 9.27. The molecule has 0 bridgehead atoms. The van der Waals surface area contributed by atoms with Crippen molar-refractivity contribution in [3.8, 4) is 16.9 Å². The van der Waals surface area contributed by atoms with Gasteiger partial charge in [0.25, 0.3) is 5.91 Å². The molecule has 0 unspecified atom stereocenters. The van der Waals surface area contributed by atoms with E-state index in [0.717, 1.165) is 16.8 Å². The number of thiocarbonyl (C=S) groups is 1. The Hall–Kier alpha value is -3.38. The zero-order valence-corrected chi connectivity index (χ0v) is 16.2. The van der Waals surface area contributed by atoms with Crippen LogP contribution in [0.5, 0.6) is 5.75 Å². The number of anilines is 1. The Balaban J connectivity index is 1.48. The summed E-state index contributed by atoms with van der Waals surface area (Å²) in [4.78, 5) is 12.2. The molecule has 3 aromatic carbocycles. The molecule has 0 aliphatic heterocycles. The Kier molecular flexibility index (Phi) is 6.59. The van der Waals surface area contributed by atoms with Crippen molar-refractivity contribution in [3.63, 3.8) is 0 Å². The largest absolute Gasteiger partial charge is 0.481 e. The summed E-state index contributed by atoms with van der Waals surface area (Å²) >= 11 is 5.15. The quantitative estimate of drug-likeness (QED) is 0.451. The molecule has 0 aromatic heterocycles. The second-order valence-electron chi connectivity index (χ2n) is 6.08. The zero-order chi connectivity index (χ0) is 19.8. The van der Waals surface area contributed by atoms with E-state index in [1.807, 2.05) is 84.9 Å². The van der Waals surface area contributed by atoms with Crippen LogP contribution in [0.25, 0.3) is 11.1 Å². The summed E-state index contributed by atoms with van der Waals surface area (Å²) in [7, 11) is 0. The normalized spacial score (nSPS) is 11.2. The average molecular weight is 391 g/mol. The maximum Gasteiger partial charge on any atom is 0.279 e. The highest BCUT2D eigenvalue weighted by atomic mass is 32.1. The van der Waals surface area contributed by atoms with E-state index in [2.05, 4.69) is 16.2 Å². The Bertz CT molecular complexity index is 916. The highest BCUT2D eigenvalue weighted by Crippen LogP contribution is 2.22. The number of rotatable bonds is 5. The smallest absolute Gasteiger partial charge is 0.279 e. The molecule has 0 spiro atoms. The topological polar surface area (TPSA) is 62.4 Å². The third-order valence-electron chi connectivity index (χ3n) is 3.97. The predicted molar refractivity (Wildman–Crippen MR) is 116 cm³/mol. The van der Waals surface area contributed by atoms with Gasteiger partial charge in [0.1, 0.15) is 5.75 Å². The molecule has 0 saturated carbocycles. The van der Waals surface area contributed by atoms with Gasteiger partial charge in [0, 0.05) is 5.69 Å². The minimum Gasteiger partial charge on any atom is -0.481 e. The van der Waals surface area contributed by atoms with Gasteiger partial charge in [-0.1, -0.05) is 60.7 Å². The Morgan fingerprint density at radius 1 is 0.821 bits per heavy atom. The lowest BCUT2D eigenvalue weighted by Gasteiger charge is -2.16. The molecule has 3 rings (SSSR count). The molecular weight excluding hydrogens is 370 g/mol. The van der Waals surface area contributed by atoms with E-state index >= 15 is 0 Å². The van der Waals surface area contributed by atoms with Crippen LogP contribution >= 0.6 is 12.2 Å². The van der Waals surface area contributed by atoms with Crippen LogP contribution in [0.4, 0.5) is 5.69 Å². The molecule has 3 N–H and O–H groups in total. The molecule has 0 fully saturated rings. The molecule has 0 radical (unpaired) electrons. The van der Waals surface area contributed by atoms with Gasteiger partial charge in [-0.05, 0) is 54.5 Å². The van der Waals surface area contributed by atoms with Crippen LogP contribution in [0, 0.1) is 0 Å². The summed E-state index contributed by atoms with van der Waals surface area (Å²) in [6.45, 7) is 1.68. The van der Waals surface area contributed by atoms with Crippen LogP contribution in [-0.2, 0) is 4.79 Å². The fraction of sp³-hybridized carbons (Fsp3) is 0.0909. The first-order chi connectivity index (χ1) is 13.6. The van der Waals surface area contributed by atoms with Gasteiger partial charge in [-0.2, -0.15) is 0 Å². The molecule has 1 atom stereocenters. The summed E-state index contributed by atoms with van der Waals surface area (Å²) in [6.07, 6.45) is -0.686. The first-order valence-electron chi connectivity index (χ1n) is 8.86. The SMILES string of the molecule is C[C@@H](Oc1ccc(-c2ccccc2)cc1)C(=O)NNC(=S)Nc1ccccc1. The fourth-order valence-electron chi connectivity index (χ4n) is 2.52. The number of carbonyl (C=O) groups is 1. The van der Waals surface area contributed by atoms with Crippen LogP contribution < -0.4 is 20.9 Å². The number of hydrogen-bond donors (Lipinski definition) is 3. The van der Waals surface area contributed by atoms with E-state index in [-0.39, 0.29) is 5.91 Å². The van der Waals surface area contributed by atoms with Gasteiger partial charge in [-0.3, -0.25) is 15.6 Å². The summed E-state index contributed by atoms with van der Waals surface area (Å²) in [6, 6.07) is 27.1. The van der Waals surface area contributed by atoms with Crippen molar-refractivity contribution >= 4 is 28.9 Å². The standard InChI is InChI=1S/C22H21N3O2S/c1-16(21(26)24-25-22(28)23-19-10-6-3-7-11-19)27-20-14-12-18(13-15-20)17-8-4-2-5-9-17/h2-16H,1H3,(H,24,26)(H2,23,25,28)/t16-/m1/s1. The molecule has 142 valence electrons. The minimum atomic E-state index is -0.686. The highest BCUT2D eigenvalue weighted by molar-refractivity contribution is 7.80. The minimum absolute atomic E-state index is 0.291. The maximum absolute atomic E-state index is 12.2. The highest BCUT2D eigenvalue weighted by Gasteiger charge is 2.14. The summed E-state index contributed by atoms with van der Waals surface area (Å²) in [5.41, 5.74) is 8.26. The number of benzene rings is 3. The maximum atomic E-state index is 12.2. The van der Waals surface area contributed by atoms with Gasteiger partial charge in [-0.15, -0.1) is 0 Å². The fourth-order valence-corrected chi connectivity index (χ4v) is 2.69. The van der Waals surface area contributed by atoms with Crippen LogP contribution in [0.15, 0.2) is 84.9 Å². The number of para-hydroxylation sites is 1. The average Bonchev–Trinajstić information content (AvgIpc) is 2.74. The molecule has 0 aliphatic rings. The third kappa shape index (κ3) is 5.56.